The van der Waals surface area contributed by atoms with Gasteiger partial charge in [0.25, 0.3) is 0 Å². The first kappa shape index (κ1) is 14.9. The van der Waals surface area contributed by atoms with Crippen molar-refractivity contribution in [2.24, 2.45) is 5.92 Å². The van der Waals surface area contributed by atoms with Crippen molar-refractivity contribution in [1.82, 2.24) is 4.90 Å². The van der Waals surface area contributed by atoms with E-state index < -0.39 is 0 Å². The standard InChI is InChI=1S/C15H21BrFNO/c1-11(12-3-4-12)18(7-8-19-2)10-13-5-6-14(16)9-15(13)17/h5-6,9,11-12H,3-4,7-8,10H2,1-2H3. The van der Waals surface area contributed by atoms with E-state index in [1.54, 1.807) is 7.11 Å². The van der Waals surface area contributed by atoms with Gasteiger partial charge in [-0.2, -0.15) is 0 Å². The number of methoxy groups -OCH3 is 1. The van der Waals surface area contributed by atoms with E-state index in [-0.39, 0.29) is 5.82 Å². The van der Waals surface area contributed by atoms with Gasteiger partial charge in [0, 0.05) is 36.3 Å². The Kier molecular flexibility index (Phi) is 5.37. The molecule has 0 amide bonds. The fourth-order valence-electron chi connectivity index (χ4n) is 2.38. The van der Waals surface area contributed by atoms with Crippen LogP contribution in [0.1, 0.15) is 25.3 Å². The number of benzene rings is 1. The molecule has 1 aromatic carbocycles. The molecule has 1 fully saturated rings. The van der Waals surface area contributed by atoms with Crippen molar-refractivity contribution in [3.8, 4) is 0 Å². The van der Waals surface area contributed by atoms with Gasteiger partial charge in [0.1, 0.15) is 5.82 Å². The van der Waals surface area contributed by atoms with E-state index in [4.69, 9.17) is 4.74 Å². The quantitative estimate of drug-likeness (QED) is 0.753. The Morgan fingerprint density at radius 1 is 1.47 bits per heavy atom. The van der Waals surface area contributed by atoms with E-state index >= 15 is 0 Å². The van der Waals surface area contributed by atoms with Crippen LogP contribution in [0.5, 0.6) is 0 Å². The lowest BCUT2D eigenvalue weighted by molar-refractivity contribution is 0.111. The van der Waals surface area contributed by atoms with Crippen molar-refractivity contribution in [2.45, 2.75) is 32.4 Å². The molecular formula is C15H21BrFNO. The largest absolute Gasteiger partial charge is 0.383 e. The fraction of sp³-hybridized carbons (Fsp3) is 0.600. The van der Waals surface area contributed by atoms with E-state index in [1.807, 2.05) is 12.1 Å². The molecule has 1 aliphatic carbocycles. The summed E-state index contributed by atoms with van der Waals surface area (Å²) in [5, 5.41) is 0. The summed E-state index contributed by atoms with van der Waals surface area (Å²) in [6.45, 7) is 4.43. The predicted molar refractivity (Wildman–Crippen MR) is 78.6 cm³/mol. The van der Waals surface area contributed by atoms with Gasteiger partial charge in [0.2, 0.25) is 0 Å². The molecule has 1 aliphatic rings. The van der Waals surface area contributed by atoms with Crippen LogP contribution >= 0.6 is 15.9 Å². The molecule has 19 heavy (non-hydrogen) atoms. The third-order valence-electron chi connectivity index (χ3n) is 3.85. The summed E-state index contributed by atoms with van der Waals surface area (Å²) in [6.07, 6.45) is 2.60. The molecule has 1 aromatic rings. The van der Waals surface area contributed by atoms with Gasteiger partial charge in [0.05, 0.1) is 6.61 Å². The average molecular weight is 330 g/mol. The molecule has 0 saturated heterocycles. The zero-order valence-corrected chi connectivity index (χ0v) is 13.1. The molecule has 4 heteroatoms. The molecule has 0 N–H and O–H groups in total. The summed E-state index contributed by atoms with van der Waals surface area (Å²) >= 11 is 3.29. The van der Waals surface area contributed by atoms with E-state index in [0.717, 1.165) is 22.5 Å². The molecule has 1 unspecified atom stereocenters. The Labute approximate surface area is 123 Å². The van der Waals surface area contributed by atoms with Crippen LogP contribution in [0, 0.1) is 11.7 Å². The smallest absolute Gasteiger partial charge is 0.128 e. The lowest BCUT2D eigenvalue weighted by Crippen LogP contribution is -2.36. The number of hydrogen-bond acceptors (Lipinski definition) is 2. The summed E-state index contributed by atoms with van der Waals surface area (Å²) in [7, 11) is 1.71. The predicted octanol–water partition coefficient (Wildman–Crippen LogP) is 3.84. The summed E-state index contributed by atoms with van der Waals surface area (Å²) in [4.78, 5) is 2.33. The molecule has 1 saturated carbocycles. The van der Waals surface area contributed by atoms with E-state index in [1.165, 1.54) is 18.9 Å². The maximum atomic E-state index is 13.9. The van der Waals surface area contributed by atoms with E-state index in [2.05, 4.69) is 27.8 Å². The molecule has 0 aromatic heterocycles. The Bertz CT molecular complexity index is 423. The molecule has 1 atom stereocenters. The third-order valence-corrected chi connectivity index (χ3v) is 4.34. The van der Waals surface area contributed by atoms with Gasteiger partial charge in [-0.25, -0.2) is 4.39 Å². The van der Waals surface area contributed by atoms with Gasteiger partial charge in [-0.15, -0.1) is 0 Å². The zero-order valence-electron chi connectivity index (χ0n) is 11.5. The van der Waals surface area contributed by atoms with Crippen LogP contribution in [0.4, 0.5) is 4.39 Å². The highest BCUT2D eigenvalue weighted by molar-refractivity contribution is 9.10. The minimum atomic E-state index is -0.139. The second-order valence-corrected chi connectivity index (χ2v) is 6.19. The minimum Gasteiger partial charge on any atom is -0.383 e. The lowest BCUT2D eigenvalue weighted by Gasteiger charge is -2.29. The first-order valence-corrected chi connectivity index (χ1v) is 7.58. The van der Waals surface area contributed by atoms with Crippen LogP contribution in [-0.4, -0.2) is 31.2 Å². The maximum absolute atomic E-state index is 13.9. The van der Waals surface area contributed by atoms with Crippen molar-refractivity contribution >= 4 is 15.9 Å². The molecule has 2 nitrogen and oxygen atoms in total. The molecule has 0 aliphatic heterocycles. The van der Waals surface area contributed by atoms with Crippen LogP contribution < -0.4 is 0 Å². The molecule has 0 heterocycles. The highest BCUT2D eigenvalue weighted by Gasteiger charge is 2.32. The van der Waals surface area contributed by atoms with Crippen LogP contribution in [0.2, 0.25) is 0 Å². The highest BCUT2D eigenvalue weighted by Crippen LogP contribution is 2.35. The maximum Gasteiger partial charge on any atom is 0.128 e. The van der Waals surface area contributed by atoms with Crippen LogP contribution in [0.15, 0.2) is 22.7 Å². The Hall–Kier alpha value is -0.450. The molecule has 0 bridgehead atoms. The highest BCUT2D eigenvalue weighted by atomic mass is 79.9. The number of nitrogens with zero attached hydrogens (tertiary/aromatic N) is 1. The van der Waals surface area contributed by atoms with Crippen molar-refractivity contribution in [3.05, 3.63) is 34.1 Å². The number of ether oxygens (including phenoxy) is 1. The molecular weight excluding hydrogens is 309 g/mol. The number of hydrogen-bond donors (Lipinski definition) is 0. The van der Waals surface area contributed by atoms with Crippen LogP contribution in [0.3, 0.4) is 0 Å². The van der Waals surface area contributed by atoms with E-state index in [9.17, 15) is 4.39 Å². The van der Waals surface area contributed by atoms with Gasteiger partial charge in [-0.3, -0.25) is 4.90 Å². The second kappa shape index (κ2) is 6.82. The Balaban J connectivity index is 2.05. The monoisotopic (exact) mass is 329 g/mol. The summed E-state index contributed by atoms with van der Waals surface area (Å²) < 4.78 is 19.9. The van der Waals surface area contributed by atoms with Gasteiger partial charge in [0.15, 0.2) is 0 Å². The summed E-state index contributed by atoms with van der Waals surface area (Å²) in [5.74, 6) is 0.634. The molecule has 0 radical (unpaired) electrons. The third kappa shape index (κ3) is 4.26. The zero-order chi connectivity index (χ0) is 13.8. The first-order chi connectivity index (χ1) is 9.11. The summed E-state index contributed by atoms with van der Waals surface area (Å²) in [6, 6.07) is 5.79. The lowest BCUT2D eigenvalue weighted by atomic mass is 10.1. The summed E-state index contributed by atoms with van der Waals surface area (Å²) in [5.41, 5.74) is 0.756. The molecule has 106 valence electrons. The molecule has 0 spiro atoms. The van der Waals surface area contributed by atoms with Crippen LogP contribution in [-0.2, 0) is 11.3 Å². The minimum absolute atomic E-state index is 0.139. The number of rotatable bonds is 7. The fourth-order valence-corrected chi connectivity index (χ4v) is 2.71. The Morgan fingerprint density at radius 3 is 2.79 bits per heavy atom. The Morgan fingerprint density at radius 2 is 2.21 bits per heavy atom. The number of halogens is 2. The van der Waals surface area contributed by atoms with Gasteiger partial charge >= 0.3 is 0 Å². The van der Waals surface area contributed by atoms with Gasteiger partial charge in [-0.1, -0.05) is 22.0 Å². The first-order valence-electron chi connectivity index (χ1n) is 6.78. The normalized spacial score (nSPS) is 16.9. The van der Waals surface area contributed by atoms with Crippen molar-refractivity contribution in [3.63, 3.8) is 0 Å². The van der Waals surface area contributed by atoms with Crippen molar-refractivity contribution in [2.75, 3.05) is 20.3 Å². The molecule has 2 rings (SSSR count). The van der Waals surface area contributed by atoms with Crippen molar-refractivity contribution in [1.29, 1.82) is 0 Å². The average Bonchev–Trinajstić information content (AvgIpc) is 3.20. The van der Waals surface area contributed by atoms with Crippen LogP contribution in [0.25, 0.3) is 0 Å². The second-order valence-electron chi connectivity index (χ2n) is 5.28. The SMILES string of the molecule is COCCN(Cc1ccc(Br)cc1F)C(C)C1CC1. The van der Waals surface area contributed by atoms with Gasteiger partial charge in [-0.05, 0) is 37.8 Å². The van der Waals surface area contributed by atoms with E-state index in [0.29, 0.717) is 19.2 Å². The van der Waals surface area contributed by atoms with Crippen molar-refractivity contribution < 1.29 is 9.13 Å². The topological polar surface area (TPSA) is 12.5 Å². The van der Waals surface area contributed by atoms with Gasteiger partial charge < -0.3 is 4.74 Å².